The van der Waals surface area contributed by atoms with E-state index in [4.69, 9.17) is 9.47 Å². The van der Waals surface area contributed by atoms with Crippen molar-refractivity contribution in [3.05, 3.63) is 24.3 Å². The predicted octanol–water partition coefficient (Wildman–Crippen LogP) is 10.5. The van der Waals surface area contributed by atoms with Crippen LogP contribution in [0.2, 0.25) is 0 Å². The van der Waals surface area contributed by atoms with Crippen LogP contribution in [0.5, 0.6) is 0 Å². The minimum Gasteiger partial charge on any atom is -0.394 e. The maximum atomic E-state index is 13.0. The number of aliphatic hydroxyl groups excluding tert-OH is 5. The van der Waals surface area contributed by atoms with Crippen LogP contribution >= 0.6 is 0 Å². The highest BCUT2D eigenvalue weighted by Crippen LogP contribution is 2.23. The highest BCUT2D eigenvalue weighted by Gasteiger charge is 2.44. The summed E-state index contributed by atoms with van der Waals surface area (Å²) in [5.74, 6) is 0.652. The number of nitrogens with one attached hydrogen (secondary N) is 1. The minimum atomic E-state index is -1.56. The molecule has 1 rings (SSSR count). The van der Waals surface area contributed by atoms with E-state index in [0.29, 0.717) is 6.42 Å². The Bertz CT molecular complexity index is 976. The van der Waals surface area contributed by atoms with Crippen LogP contribution in [0.3, 0.4) is 0 Å². The van der Waals surface area contributed by atoms with Gasteiger partial charge in [0.2, 0.25) is 5.91 Å². The fourth-order valence-electron chi connectivity index (χ4n) is 7.71. The lowest BCUT2D eigenvalue weighted by Gasteiger charge is -2.40. The fourth-order valence-corrected chi connectivity index (χ4v) is 7.71. The monoisotopic (exact) mass is 824 g/mol. The van der Waals surface area contributed by atoms with Gasteiger partial charge in [0.15, 0.2) is 6.29 Å². The molecule has 0 spiro atoms. The minimum absolute atomic E-state index is 0.178. The van der Waals surface area contributed by atoms with Crippen LogP contribution in [0.1, 0.15) is 220 Å². The van der Waals surface area contributed by atoms with Crippen molar-refractivity contribution >= 4 is 5.91 Å². The van der Waals surface area contributed by atoms with Crippen molar-refractivity contribution in [2.45, 2.75) is 263 Å². The number of unbranched alkanes of at least 4 members (excludes halogenated alkanes) is 25. The number of ether oxygens (including phenoxy) is 2. The summed E-state index contributed by atoms with van der Waals surface area (Å²) in [7, 11) is 0. The number of carbonyl (C=O) groups excluding carboxylic acids is 1. The van der Waals surface area contributed by atoms with E-state index in [1.54, 1.807) is 6.08 Å². The Morgan fingerprint density at radius 3 is 1.60 bits per heavy atom. The molecule has 1 aliphatic heterocycles. The first-order valence-corrected chi connectivity index (χ1v) is 24.5. The molecule has 58 heavy (non-hydrogen) atoms. The lowest BCUT2D eigenvalue weighted by molar-refractivity contribution is -0.302. The average molecular weight is 824 g/mol. The quantitative estimate of drug-likeness (QED) is 0.0264. The van der Waals surface area contributed by atoms with Gasteiger partial charge in [-0.05, 0) is 50.9 Å². The second-order valence-electron chi connectivity index (χ2n) is 17.5. The smallest absolute Gasteiger partial charge is 0.220 e. The normalized spacial score (nSPS) is 21.6. The number of hydrogen-bond acceptors (Lipinski definition) is 8. The summed E-state index contributed by atoms with van der Waals surface area (Å²) < 4.78 is 11.2. The molecule has 1 saturated heterocycles. The van der Waals surface area contributed by atoms with E-state index < -0.39 is 49.5 Å². The maximum Gasteiger partial charge on any atom is 0.220 e. The number of hydrogen-bond donors (Lipinski definition) is 6. The van der Waals surface area contributed by atoms with Gasteiger partial charge in [0.05, 0.1) is 25.4 Å². The molecule has 8 atom stereocenters. The average Bonchev–Trinajstić information content (AvgIpc) is 3.22. The van der Waals surface area contributed by atoms with E-state index in [-0.39, 0.29) is 12.5 Å². The van der Waals surface area contributed by atoms with Crippen molar-refractivity contribution in [3.63, 3.8) is 0 Å². The molecule has 342 valence electrons. The van der Waals surface area contributed by atoms with Crippen molar-refractivity contribution in [1.29, 1.82) is 0 Å². The Kier molecular flexibility index (Phi) is 36.4. The van der Waals surface area contributed by atoms with Gasteiger partial charge < -0.3 is 40.3 Å². The van der Waals surface area contributed by atoms with Crippen molar-refractivity contribution in [1.82, 2.24) is 5.32 Å². The highest BCUT2D eigenvalue weighted by atomic mass is 16.7. The first kappa shape index (κ1) is 54.7. The predicted molar refractivity (Wildman–Crippen MR) is 240 cm³/mol. The van der Waals surface area contributed by atoms with Gasteiger partial charge in [-0.25, -0.2) is 0 Å². The molecule has 9 heteroatoms. The first-order valence-electron chi connectivity index (χ1n) is 24.5. The summed E-state index contributed by atoms with van der Waals surface area (Å²) in [5.41, 5.74) is 0. The lowest BCUT2D eigenvalue weighted by Crippen LogP contribution is -2.60. The van der Waals surface area contributed by atoms with Crippen molar-refractivity contribution in [2.24, 2.45) is 5.92 Å². The second kappa shape index (κ2) is 38.6. The van der Waals surface area contributed by atoms with Crippen molar-refractivity contribution in [2.75, 3.05) is 13.2 Å². The zero-order valence-electron chi connectivity index (χ0n) is 37.7. The Balaban J connectivity index is 2.28. The van der Waals surface area contributed by atoms with E-state index in [9.17, 15) is 30.3 Å². The van der Waals surface area contributed by atoms with Crippen LogP contribution in [0.25, 0.3) is 0 Å². The summed E-state index contributed by atoms with van der Waals surface area (Å²) in [6, 6.07) is -0.803. The van der Waals surface area contributed by atoms with Crippen molar-refractivity contribution < 1.29 is 39.8 Å². The van der Waals surface area contributed by atoms with Gasteiger partial charge in [-0.2, -0.15) is 0 Å². The molecule has 0 radical (unpaired) electrons. The van der Waals surface area contributed by atoms with Gasteiger partial charge in [-0.15, -0.1) is 0 Å². The molecule has 0 aromatic rings. The Morgan fingerprint density at radius 2 is 1.10 bits per heavy atom. The standard InChI is InChI=1S/C49H93NO8/c1-4-6-7-8-9-10-11-12-13-14-15-16-17-18-19-20-21-22-26-29-32-35-38-45(53)50-42(40-57-49-48(56)47(55)46(54)44(39-51)58-49)43(52)37-34-31-28-25-23-24-27-30-33-36-41(3)5-2/h13-14,34,37,41-44,46-49,51-52,54-56H,4-12,15-33,35-36,38-40H2,1-3H3,(H,50,53)/b14-13-,37-34+/t41?,42-,43+,44+,46+,47-,48+,49+/m0/s1. The van der Waals surface area contributed by atoms with Crippen LogP contribution in [-0.4, -0.2) is 87.5 Å². The molecule has 1 fully saturated rings. The van der Waals surface area contributed by atoms with Crippen LogP contribution in [-0.2, 0) is 14.3 Å². The zero-order valence-corrected chi connectivity index (χ0v) is 37.7. The van der Waals surface area contributed by atoms with Gasteiger partial charge in [0.25, 0.3) is 0 Å². The molecule has 0 aliphatic carbocycles. The molecular weight excluding hydrogens is 731 g/mol. The van der Waals surface area contributed by atoms with E-state index >= 15 is 0 Å². The van der Waals surface area contributed by atoms with Crippen LogP contribution in [0.4, 0.5) is 0 Å². The molecule has 6 N–H and O–H groups in total. The second-order valence-corrected chi connectivity index (χ2v) is 17.5. The van der Waals surface area contributed by atoms with E-state index in [1.165, 1.54) is 154 Å². The summed E-state index contributed by atoms with van der Waals surface area (Å²) >= 11 is 0. The third-order valence-electron chi connectivity index (χ3n) is 12.1. The fraction of sp³-hybridized carbons (Fsp3) is 0.898. The number of amides is 1. The molecular formula is C49H93NO8. The third-order valence-corrected chi connectivity index (χ3v) is 12.1. The van der Waals surface area contributed by atoms with E-state index in [2.05, 4.69) is 38.2 Å². The highest BCUT2D eigenvalue weighted by molar-refractivity contribution is 5.76. The van der Waals surface area contributed by atoms with Crippen LogP contribution in [0.15, 0.2) is 24.3 Å². The summed E-state index contributed by atoms with van der Waals surface area (Å²) in [6.07, 6.45) is 38.0. The first-order chi connectivity index (χ1) is 28.2. The van der Waals surface area contributed by atoms with Crippen LogP contribution < -0.4 is 5.32 Å². The van der Waals surface area contributed by atoms with Gasteiger partial charge >= 0.3 is 0 Å². The molecule has 1 unspecified atom stereocenters. The number of carbonyl (C=O) groups is 1. The molecule has 1 amide bonds. The molecule has 1 heterocycles. The molecule has 1 aliphatic rings. The molecule has 0 bridgehead atoms. The third kappa shape index (κ3) is 29.0. The Morgan fingerprint density at radius 1 is 0.638 bits per heavy atom. The molecule has 9 nitrogen and oxygen atoms in total. The van der Waals surface area contributed by atoms with Gasteiger partial charge in [0.1, 0.15) is 24.4 Å². The van der Waals surface area contributed by atoms with Crippen LogP contribution in [0, 0.1) is 5.92 Å². The largest absolute Gasteiger partial charge is 0.394 e. The van der Waals surface area contributed by atoms with E-state index in [1.807, 2.05) is 6.08 Å². The number of aliphatic hydroxyl groups is 5. The summed E-state index contributed by atoms with van der Waals surface area (Å²) in [5, 5.41) is 54.2. The van der Waals surface area contributed by atoms with Gasteiger partial charge in [-0.1, -0.05) is 193 Å². The molecule has 0 aromatic heterocycles. The topological polar surface area (TPSA) is 149 Å². The maximum absolute atomic E-state index is 13.0. The molecule has 0 saturated carbocycles. The number of rotatable bonds is 40. The Hall–Kier alpha value is -1.33. The zero-order chi connectivity index (χ0) is 42.5. The van der Waals surface area contributed by atoms with Gasteiger partial charge in [-0.3, -0.25) is 4.79 Å². The SMILES string of the molecule is CCCCCCCCC/C=C\CCCCCCCCCCCCCC(=O)N[C@@H](CO[C@@H]1O[C@H](CO)[C@@H](O)[C@H](O)[C@H]1O)[C@H](O)/C=C/CCCCCCCCCC(C)CC. The molecule has 0 aromatic carbocycles. The van der Waals surface area contributed by atoms with Gasteiger partial charge in [0, 0.05) is 6.42 Å². The Labute approximate surface area is 356 Å². The van der Waals surface area contributed by atoms with E-state index in [0.717, 1.165) is 44.4 Å². The lowest BCUT2D eigenvalue weighted by atomic mass is 9.99. The summed E-state index contributed by atoms with van der Waals surface area (Å²) in [6.45, 7) is 6.11. The van der Waals surface area contributed by atoms with Crippen molar-refractivity contribution in [3.8, 4) is 0 Å². The summed E-state index contributed by atoms with van der Waals surface area (Å²) in [4.78, 5) is 13.0. The number of allylic oxidation sites excluding steroid dienone is 3.